The van der Waals surface area contributed by atoms with E-state index in [0.29, 0.717) is 12.0 Å². The molecule has 0 amide bonds. The van der Waals surface area contributed by atoms with Gasteiger partial charge in [-0.1, -0.05) is 68.7 Å². The van der Waals surface area contributed by atoms with Crippen LogP contribution in [0.1, 0.15) is 54.9 Å². The van der Waals surface area contributed by atoms with Crippen LogP contribution in [0, 0.1) is 17.1 Å². The molecule has 1 aliphatic rings. The van der Waals surface area contributed by atoms with Gasteiger partial charge in [-0.25, -0.2) is 4.39 Å². The highest BCUT2D eigenvalue weighted by Crippen LogP contribution is 2.40. The lowest BCUT2D eigenvalue weighted by Gasteiger charge is -2.08. The van der Waals surface area contributed by atoms with E-state index in [2.05, 4.69) is 37.3 Å². The van der Waals surface area contributed by atoms with Gasteiger partial charge in [0.05, 0.1) is 11.6 Å². The lowest BCUT2D eigenvalue weighted by Crippen LogP contribution is -1.96. The van der Waals surface area contributed by atoms with Crippen LogP contribution in [0.25, 0.3) is 22.3 Å². The van der Waals surface area contributed by atoms with Crippen molar-refractivity contribution in [2.24, 2.45) is 0 Å². The molecule has 3 aromatic carbocycles. The van der Waals surface area contributed by atoms with Crippen LogP contribution in [0.15, 0.2) is 54.6 Å². The molecule has 0 N–H and O–H groups in total. The molecule has 0 heterocycles. The molecule has 0 aliphatic heterocycles. The monoisotopic (exact) mass is 369 g/mol. The summed E-state index contributed by atoms with van der Waals surface area (Å²) in [5, 5.41) is 8.97. The molecule has 0 fully saturated rings. The highest BCUT2D eigenvalue weighted by Gasteiger charge is 2.23. The minimum Gasteiger partial charge on any atom is -0.206 e. The van der Waals surface area contributed by atoms with Crippen molar-refractivity contribution < 1.29 is 4.39 Å². The second-order valence-corrected chi connectivity index (χ2v) is 7.61. The number of hydrogen-bond acceptors (Lipinski definition) is 1. The Labute approximate surface area is 166 Å². The third-order valence-electron chi connectivity index (χ3n) is 5.73. The minimum atomic E-state index is -0.00915. The molecule has 0 saturated heterocycles. The van der Waals surface area contributed by atoms with Crippen LogP contribution in [0.3, 0.4) is 0 Å². The van der Waals surface area contributed by atoms with E-state index in [1.54, 1.807) is 0 Å². The van der Waals surface area contributed by atoms with Gasteiger partial charge in [-0.05, 0) is 58.4 Å². The third kappa shape index (κ3) is 3.45. The lowest BCUT2D eigenvalue weighted by molar-refractivity contribution is 0.585. The van der Waals surface area contributed by atoms with Crippen molar-refractivity contribution in [3.05, 3.63) is 82.7 Å². The summed E-state index contributed by atoms with van der Waals surface area (Å²) in [6.07, 6.45) is 6.12. The number of nitrogens with zero attached hydrogens (tertiary/aromatic N) is 1. The van der Waals surface area contributed by atoms with Crippen molar-refractivity contribution in [1.29, 1.82) is 5.26 Å². The summed E-state index contributed by atoms with van der Waals surface area (Å²) in [4.78, 5) is 0. The van der Waals surface area contributed by atoms with Gasteiger partial charge < -0.3 is 0 Å². The summed E-state index contributed by atoms with van der Waals surface area (Å²) in [6, 6.07) is 20.2. The number of nitriles is 1. The molecule has 28 heavy (non-hydrogen) atoms. The molecule has 0 spiro atoms. The normalized spacial score (nSPS) is 11.8. The van der Waals surface area contributed by atoms with Crippen molar-refractivity contribution in [3.8, 4) is 28.3 Å². The fourth-order valence-corrected chi connectivity index (χ4v) is 4.14. The first-order chi connectivity index (χ1) is 13.7. The zero-order valence-electron chi connectivity index (χ0n) is 16.3. The largest absolute Gasteiger partial charge is 0.206 e. The van der Waals surface area contributed by atoms with E-state index in [1.165, 1.54) is 24.8 Å². The lowest BCUT2D eigenvalue weighted by atomic mass is 9.98. The molecule has 0 aromatic heterocycles. The number of halogens is 1. The van der Waals surface area contributed by atoms with Gasteiger partial charge in [0.1, 0.15) is 5.82 Å². The van der Waals surface area contributed by atoms with E-state index >= 15 is 4.39 Å². The molecular formula is C26H24FN. The first-order valence-corrected chi connectivity index (χ1v) is 10.2. The van der Waals surface area contributed by atoms with Gasteiger partial charge in [-0.15, -0.1) is 0 Å². The Balaban J connectivity index is 1.59. The van der Waals surface area contributed by atoms with Crippen molar-refractivity contribution in [2.45, 2.75) is 45.4 Å². The first-order valence-electron chi connectivity index (χ1n) is 10.2. The van der Waals surface area contributed by atoms with Crippen LogP contribution in [-0.4, -0.2) is 0 Å². The van der Waals surface area contributed by atoms with E-state index in [-0.39, 0.29) is 5.82 Å². The van der Waals surface area contributed by atoms with Crippen LogP contribution >= 0.6 is 0 Å². The molecule has 4 rings (SSSR count). The molecule has 2 heteroatoms. The SMILES string of the molecule is CCCCCCc1ccc2c(c1F)Cc1cc(-c3ccc(C#N)cc3)ccc1-2. The predicted molar refractivity (Wildman–Crippen MR) is 113 cm³/mol. The van der Waals surface area contributed by atoms with E-state index in [9.17, 15) is 0 Å². The predicted octanol–water partition coefficient (Wildman–Crippen LogP) is 7.06. The maximum absolute atomic E-state index is 15.1. The third-order valence-corrected chi connectivity index (χ3v) is 5.73. The zero-order chi connectivity index (χ0) is 19.5. The van der Waals surface area contributed by atoms with Gasteiger partial charge in [-0.3, -0.25) is 0 Å². The number of hydrogen-bond donors (Lipinski definition) is 0. The van der Waals surface area contributed by atoms with Gasteiger partial charge in [0, 0.05) is 12.0 Å². The van der Waals surface area contributed by atoms with E-state index in [4.69, 9.17) is 5.26 Å². The Hall–Kier alpha value is -2.92. The van der Waals surface area contributed by atoms with Gasteiger partial charge >= 0.3 is 0 Å². The zero-order valence-corrected chi connectivity index (χ0v) is 16.3. The average molecular weight is 369 g/mol. The van der Waals surface area contributed by atoms with Gasteiger partial charge in [-0.2, -0.15) is 5.26 Å². The van der Waals surface area contributed by atoms with Gasteiger partial charge in [0.2, 0.25) is 0 Å². The number of benzene rings is 3. The summed E-state index contributed by atoms with van der Waals surface area (Å²) in [7, 11) is 0. The van der Waals surface area contributed by atoms with Crippen LogP contribution in [0.2, 0.25) is 0 Å². The fraction of sp³-hybridized carbons (Fsp3) is 0.269. The number of fused-ring (bicyclic) bond motifs is 3. The summed E-state index contributed by atoms with van der Waals surface area (Å²) in [5.74, 6) is -0.00915. The van der Waals surface area contributed by atoms with Crippen LogP contribution in [0.5, 0.6) is 0 Å². The van der Waals surface area contributed by atoms with Gasteiger partial charge in [0.15, 0.2) is 0 Å². The summed E-state index contributed by atoms with van der Waals surface area (Å²) < 4.78 is 15.1. The summed E-state index contributed by atoms with van der Waals surface area (Å²) in [6.45, 7) is 2.19. The molecule has 1 aliphatic carbocycles. The molecular weight excluding hydrogens is 345 g/mol. The molecule has 0 atom stereocenters. The second-order valence-electron chi connectivity index (χ2n) is 7.61. The smallest absolute Gasteiger partial charge is 0.130 e. The summed E-state index contributed by atoms with van der Waals surface area (Å²) >= 11 is 0. The molecule has 1 nitrogen and oxygen atoms in total. The van der Waals surface area contributed by atoms with Crippen LogP contribution < -0.4 is 0 Å². The Morgan fingerprint density at radius 1 is 0.893 bits per heavy atom. The van der Waals surface area contributed by atoms with Crippen molar-refractivity contribution in [1.82, 2.24) is 0 Å². The molecule has 0 bridgehead atoms. The highest BCUT2D eigenvalue weighted by molar-refractivity contribution is 5.80. The standard InChI is InChI=1S/C26H24FN/c1-2-3-4-5-6-20-11-14-24-23-13-12-21(15-22(23)16-25(24)26(20)27)19-9-7-18(17-28)8-10-19/h7-15H,2-6,16H2,1H3. The first kappa shape index (κ1) is 18.4. The summed E-state index contributed by atoms with van der Waals surface area (Å²) in [5.41, 5.74) is 7.91. The molecule has 0 radical (unpaired) electrons. The van der Waals surface area contributed by atoms with E-state index < -0.39 is 0 Å². The molecule has 0 unspecified atom stereocenters. The topological polar surface area (TPSA) is 23.8 Å². The Bertz CT molecular complexity index is 1040. The number of unbranched alkanes of at least 4 members (excludes halogenated alkanes) is 3. The van der Waals surface area contributed by atoms with E-state index in [0.717, 1.165) is 46.2 Å². The van der Waals surface area contributed by atoms with Crippen molar-refractivity contribution in [3.63, 3.8) is 0 Å². The Kier molecular flexibility index (Phi) is 5.26. The molecule has 140 valence electrons. The molecule has 0 saturated carbocycles. The Morgan fingerprint density at radius 3 is 2.39 bits per heavy atom. The van der Waals surface area contributed by atoms with Crippen molar-refractivity contribution in [2.75, 3.05) is 0 Å². The maximum Gasteiger partial charge on any atom is 0.130 e. The quantitative estimate of drug-likeness (QED) is 0.334. The van der Waals surface area contributed by atoms with Gasteiger partial charge in [0.25, 0.3) is 0 Å². The number of aryl methyl sites for hydroxylation is 1. The minimum absolute atomic E-state index is 0.00915. The second kappa shape index (κ2) is 7.98. The van der Waals surface area contributed by atoms with Crippen LogP contribution in [0.4, 0.5) is 4.39 Å². The maximum atomic E-state index is 15.1. The highest BCUT2D eigenvalue weighted by atomic mass is 19.1. The molecule has 3 aromatic rings. The number of rotatable bonds is 6. The fourth-order valence-electron chi connectivity index (χ4n) is 4.14. The van der Waals surface area contributed by atoms with Crippen molar-refractivity contribution >= 4 is 0 Å². The Morgan fingerprint density at radius 2 is 1.64 bits per heavy atom. The van der Waals surface area contributed by atoms with Crippen LogP contribution in [-0.2, 0) is 12.8 Å². The van der Waals surface area contributed by atoms with E-state index in [1.807, 2.05) is 30.3 Å². The average Bonchev–Trinajstić information content (AvgIpc) is 3.11.